The van der Waals surface area contributed by atoms with Crippen LogP contribution in [-0.2, 0) is 4.79 Å². The third-order valence-electron chi connectivity index (χ3n) is 3.77. The summed E-state index contributed by atoms with van der Waals surface area (Å²) in [6, 6.07) is -0.786. The molecule has 0 aromatic heterocycles. The number of aliphatic imine (C=N–C) groups is 1. The predicted octanol–water partition coefficient (Wildman–Crippen LogP) is -0.787. The lowest BCUT2D eigenvalue weighted by atomic mass is 10.1. The van der Waals surface area contributed by atoms with E-state index in [2.05, 4.69) is 15.2 Å². The number of carbonyl (C=O) groups excluding carboxylic acids is 2. The van der Waals surface area contributed by atoms with Crippen LogP contribution in [0.15, 0.2) is 4.99 Å². The van der Waals surface area contributed by atoms with Crippen LogP contribution in [0.5, 0.6) is 0 Å². The molecule has 104 valence electrons. The van der Waals surface area contributed by atoms with E-state index in [1.54, 1.807) is 7.05 Å². The topological polar surface area (TPSA) is 68.2 Å². The highest BCUT2D eigenvalue weighted by Crippen LogP contribution is 2.25. The van der Waals surface area contributed by atoms with Crippen LogP contribution in [0.4, 0.5) is 4.79 Å². The third-order valence-corrected chi connectivity index (χ3v) is 4.72. The first kappa shape index (κ1) is 12.6. The fraction of sp³-hybridized carbons (Fsp3) is 0.727. The SMILES string of the molecule is CN1C(=O)NC(=O)C2C1N=C(N1CCSCC1)N2C. The van der Waals surface area contributed by atoms with E-state index >= 15 is 0 Å². The van der Waals surface area contributed by atoms with Crippen LogP contribution in [-0.4, -0.2) is 83.5 Å². The molecule has 7 nitrogen and oxygen atoms in total. The van der Waals surface area contributed by atoms with Crippen molar-refractivity contribution >= 4 is 29.7 Å². The molecular weight excluding hydrogens is 266 g/mol. The molecule has 0 saturated carbocycles. The number of likely N-dealkylation sites (N-methyl/N-ethyl adjacent to an activating group) is 2. The first-order valence-corrected chi connectivity index (χ1v) is 7.46. The Morgan fingerprint density at radius 3 is 2.58 bits per heavy atom. The average molecular weight is 283 g/mol. The number of hydrogen-bond acceptors (Lipinski definition) is 6. The Hall–Kier alpha value is -1.44. The maximum Gasteiger partial charge on any atom is 0.325 e. The molecule has 2 atom stereocenters. The summed E-state index contributed by atoms with van der Waals surface area (Å²) in [5.41, 5.74) is 0. The van der Waals surface area contributed by atoms with Crippen LogP contribution in [0.1, 0.15) is 0 Å². The molecule has 0 aromatic rings. The van der Waals surface area contributed by atoms with Crippen molar-refractivity contribution in [3.05, 3.63) is 0 Å². The Morgan fingerprint density at radius 2 is 1.89 bits per heavy atom. The van der Waals surface area contributed by atoms with Gasteiger partial charge < -0.3 is 14.7 Å². The van der Waals surface area contributed by atoms with E-state index in [9.17, 15) is 9.59 Å². The lowest BCUT2D eigenvalue weighted by Crippen LogP contribution is -2.63. The Balaban J connectivity index is 1.87. The van der Waals surface area contributed by atoms with E-state index in [-0.39, 0.29) is 11.9 Å². The van der Waals surface area contributed by atoms with Crippen molar-refractivity contribution in [2.24, 2.45) is 4.99 Å². The van der Waals surface area contributed by atoms with Crippen LogP contribution < -0.4 is 5.32 Å². The number of rotatable bonds is 0. The number of thioether (sulfide) groups is 1. The lowest BCUT2D eigenvalue weighted by molar-refractivity contribution is -0.126. The summed E-state index contributed by atoms with van der Waals surface area (Å²) in [5.74, 6) is 2.71. The second kappa shape index (κ2) is 4.59. The first-order chi connectivity index (χ1) is 9.09. The summed E-state index contributed by atoms with van der Waals surface area (Å²) >= 11 is 1.93. The molecule has 3 rings (SSSR count). The quantitative estimate of drug-likeness (QED) is 0.631. The molecule has 0 aromatic carbocycles. The second-order valence-electron chi connectivity index (χ2n) is 4.90. The van der Waals surface area contributed by atoms with Gasteiger partial charge in [-0.15, -0.1) is 0 Å². The number of hydrogen-bond donors (Lipinski definition) is 1. The standard InChI is InChI=1S/C11H17N5O2S/c1-14-7-8(15(2)11(18)13-9(7)17)12-10(14)16-3-5-19-6-4-16/h7-8H,3-6H2,1-2H3,(H,13,17,18). The number of guanidine groups is 1. The minimum Gasteiger partial charge on any atom is -0.341 e. The van der Waals surface area contributed by atoms with Crippen molar-refractivity contribution in [3.8, 4) is 0 Å². The highest BCUT2D eigenvalue weighted by molar-refractivity contribution is 7.99. The van der Waals surface area contributed by atoms with Crippen LogP contribution in [0.3, 0.4) is 0 Å². The molecule has 19 heavy (non-hydrogen) atoms. The Bertz CT molecular complexity index is 448. The minimum atomic E-state index is -0.410. The van der Waals surface area contributed by atoms with Gasteiger partial charge in [-0.3, -0.25) is 10.1 Å². The molecule has 1 N–H and O–H groups in total. The number of nitrogens with zero attached hydrogens (tertiary/aromatic N) is 4. The third kappa shape index (κ3) is 1.94. The molecule has 8 heteroatoms. The van der Waals surface area contributed by atoms with E-state index in [0.29, 0.717) is 0 Å². The summed E-state index contributed by atoms with van der Waals surface area (Å²) in [5, 5.41) is 2.36. The van der Waals surface area contributed by atoms with E-state index in [1.165, 1.54) is 4.90 Å². The molecule has 2 saturated heterocycles. The molecule has 0 spiro atoms. The van der Waals surface area contributed by atoms with E-state index in [0.717, 1.165) is 30.6 Å². The van der Waals surface area contributed by atoms with Gasteiger partial charge >= 0.3 is 6.03 Å². The summed E-state index contributed by atoms with van der Waals surface area (Å²) < 4.78 is 0. The summed E-state index contributed by atoms with van der Waals surface area (Å²) in [4.78, 5) is 33.8. The Morgan fingerprint density at radius 1 is 1.21 bits per heavy atom. The fourth-order valence-electron chi connectivity index (χ4n) is 2.67. The zero-order valence-electron chi connectivity index (χ0n) is 11.0. The van der Waals surface area contributed by atoms with Crippen molar-refractivity contribution in [2.45, 2.75) is 12.2 Å². The number of imide groups is 1. The largest absolute Gasteiger partial charge is 0.341 e. The van der Waals surface area contributed by atoms with Crippen molar-refractivity contribution in [2.75, 3.05) is 38.7 Å². The maximum absolute atomic E-state index is 12.0. The van der Waals surface area contributed by atoms with Gasteiger partial charge in [0.15, 0.2) is 18.2 Å². The van der Waals surface area contributed by atoms with Crippen molar-refractivity contribution in [1.29, 1.82) is 0 Å². The highest BCUT2D eigenvalue weighted by atomic mass is 32.2. The fourth-order valence-corrected chi connectivity index (χ4v) is 3.57. The molecule has 3 heterocycles. The van der Waals surface area contributed by atoms with Crippen LogP contribution in [0.2, 0.25) is 0 Å². The molecule has 2 fully saturated rings. The number of urea groups is 1. The van der Waals surface area contributed by atoms with Gasteiger partial charge in [0.2, 0.25) is 0 Å². The van der Waals surface area contributed by atoms with Crippen LogP contribution in [0, 0.1) is 0 Å². The highest BCUT2D eigenvalue weighted by Gasteiger charge is 2.48. The summed E-state index contributed by atoms with van der Waals surface area (Å²) in [6.45, 7) is 1.87. The average Bonchev–Trinajstić information content (AvgIpc) is 2.76. The normalized spacial score (nSPS) is 31.3. The molecule has 0 radical (unpaired) electrons. The van der Waals surface area contributed by atoms with Gasteiger partial charge in [0.25, 0.3) is 5.91 Å². The van der Waals surface area contributed by atoms with Gasteiger partial charge in [-0.25, -0.2) is 9.79 Å². The van der Waals surface area contributed by atoms with Crippen molar-refractivity contribution < 1.29 is 9.59 Å². The van der Waals surface area contributed by atoms with Gasteiger partial charge in [0.05, 0.1) is 0 Å². The van der Waals surface area contributed by atoms with Gasteiger partial charge in [0.1, 0.15) is 0 Å². The number of fused-ring (bicyclic) bond motifs is 1. The molecule has 2 unspecified atom stereocenters. The van der Waals surface area contributed by atoms with Gasteiger partial charge in [-0.1, -0.05) is 0 Å². The maximum atomic E-state index is 12.0. The molecule has 3 aliphatic heterocycles. The number of amides is 3. The molecule has 0 aliphatic carbocycles. The van der Waals surface area contributed by atoms with Gasteiger partial charge in [0, 0.05) is 38.7 Å². The zero-order chi connectivity index (χ0) is 13.6. The van der Waals surface area contributed by atoms with E-state index in [1.807, 2.05) is 23.7 Å². The summed E-state index contributed by atoms with van der Waals surface area (Å²) in [7, 11) is 3.54. The Labute approximate surface area is 116 Å². The van der Waals surface area contributed by atoms with Crippen molar-refractivity contribution in [1.82, 2.24) is 20.0 Å². The molecule has 0 bridgehead atoms. The predicted molar refractivity (Wildman–Crippen MR) is 73.0 cm³/mol. The number of nitrogens with one attached hydrogen (secondary N) is 1. The van der Waals surface area contributed by atoms with Crippen LogP contribution >= 0.6 is 11.8 Å². The second-order valence-corrected chi connectivity index (χ2v) is 6.13. The van der Waals surface area contributed by atoms with Gasteiger partial charge in [-0.05, 0) is 0 Å². The van der Waals surface area contributed by atoms with Crippen LogP contribution in [0.25, 0.3) is 0 Å². The zero-order valence-corrected chi connectivity index (χ0v) is 11.8. The molecule has 3 amide bonds. The van der Waals surface area contributed by atoms with E-state index < -0.39 is 12.2 Å². The molecular formula is C11H17N5O2S. The monoisotopic (exact) mass is 283 g/mol. The number of carbonyl (C=O) groups is 2. The first-order valence-electron chi connectivity index (χ1n) is 6.30. The molecule has 3 aliphatic rings. The summed E-state index contributed by atoms with van der Waals surface area (Å²) in [6.07, 6.45) is -0.407. The van der Waals surface area contributed by atoms with Crippen molar-refractivity contribution in [3.63, 3.8) is 0 Å². The Kier molecular flexibility index (Phi) is 3.04. The minimum absolute atomic E-state index is 0.263. The smallest absolute Gasteiger partial charge is 0.325 e. The van der Waals surface area contributed by atoms with E-state index in [4.69, 9.17) is 0 Å². The van der Waals surface area contributed by atoms with Gasteiger partial charge in [-0.2, -0.15) is 11.8 Å². The lowest BCUT2D eigenvalue weighted by Gasteiger charge is -2.36.